The first-order chi connectivity index (χ1) is 28.0. The van der Waals surface area contributed by atoms with Crippen LogP contribution in [0.2, 0.25) is 0 Å². The maximum absolute atomic E-state index is 13.3. The van der Waals surface area contributed by atoms with Gasteiger partial charge in [-0.25, -0.2) is 4.79 Å². The van der Waals surface area contributed by atoms with E-state index in [1.807, 2.05) is 6.92 Å². The Morgan fingerprint density at radius 3 is 2.15 bits per heavy atom. The number of aliphatic hydroxyl groups is 6. The van der Waals surface area contributed by atoms with Gasteiger partial charge in [-0.2, -0.15) is 0 Å². The molecule has 18 atom stereocenters. The van der Waals surface area contributed by atoms with Crippen molar-refractivity contribution in [3.8, 4) is 0 Å². The molecule has 0 amide bonds. The summed E-state index contributed by atoms with van der Waals surface area (Å²) in [6.45, 7) is 17.6. The molecule has 0 aromatic rings. The number of ether oxygens (including phenoxy) is 5. The van der Waals surface area contributed by atoms with E-state index in [4.69, 9.17) is 23.7 Å². The molecular weight excluding hydrogens is 776 g/mol. The van der Waals surface area contributed by atoms with Crippen LogP contribution in [0.25, 0.3) is 0 Å². The molecule has 6 fully saturated rings. The fourth-order valence-electron chi connectivity index (χ4n) is 14.0. The van der Waals surface area contributed by atoms with Crippen LogP contribution in [0, 0.1) is 50.2 Å². The van der Waals surface area contributed by atoms with Gasteiger partial charge in [-0.1, -0.05) is 73.5 Å². The molecule has 0 spiro atoms. The molecule has 60 heavy (non-hydrogen) atoms. The number of carbonyl (C=O) groups is 2. The summed E-state index contributed by atoms with van der Waals surface area (Å²) < 4.78 is 30.1. The Morgan fingerprint density at radius 2 is 1.48 bits per heavy atom. The lowest BCUT2D eigenvalue weighted by Crippen LogP contribution is -2.67. The zero-order valence-electron chi connectivity index (χ0n) is 37.0. The molecule has 2 saturated heterocycles. The minimum absolute atomic E-state index is 0.0247. The van der Waals surface area contributed by atoms with Crippen molar-refractivity contribution in [2.45, 2.75) is 200 Å². The summed E-state index contributed by atoms with van der Waals surface area (Å²) in [4.78, 5) is 26.4. The minimum atomic E-state index is -1.81. The van der Waals surface area contributed by atoms with Gasteiger partial charge in [0.05, 0.1) is 24.7 Å². The van der Waals surface area contributed by atoms with Gasteiger partial charge >= 0.3 is 11.9 Å². The molecule has 2 heterocycles. The number of fused-ring (bicyclic) bond motifs is 7. The SMILES string of the molecule is CCCCOC(=O)[C@H]1O[C@@H](O[C@H]2CC[C@]3(C)[C@H]4CC=C5[C@@H]6CC(C)(C)CC[C@]6(C(=O)O)CC[C@@]5(C)[C@]4(C)CC[C@H]3C2(C)C)[C@H](O[C@@H]2O[C@H](CO)[C@@H](O)[C@H](O)[C@H]2O)[C@@H](O)[C@@H]1O. The number of hydrogen-bond donors (Lipinski definition) is 7. The van der Waals surface area contributed by atoms with Crippen LogP contribution in [0.1, 0.15) is 132 Å². The topological polar surface area (TPSA) is 222 Å². The molecule has 0 aromatic heterocycles. The number of unbranched alkanes of at least 4 members (excludes halogenated alkanes) is 1. The van der Waals surface area contributed by atoms with E-state index in [1.54, 1.807) is 0 Å². The molecular formula is C46H74O14. The van der Waals surface area contributed by atoms with Crippen molar-refractivity contribution in [3.05, 3.63) is 11.6 Å². The molecule has 0 radical (unpaired) electrons. The Morgan fingerprint density at radius 1 is 0.783 bits per heavy atom. The first kappa shape index (κ1) is 46.3. The van der Waals surface area contributed by atoms with Crippen LogP contribution in [-0.4, -0.2) is 128 Å². The fourth-order valence-corrected chi connectivity index (χ4v) is 14.0. The van der Waals surface area contributed by atoms with Crippen molar-refractivity contribution in [2.75, 3.05) is 13.2 Å². The second kappa shape index (κ2) is 16.4. The summed E-state index contributed by atoms with van der Waals surface area (Å²) in [5, 5.41) is 75.2. The van der Waals surface area contributed by atoms with E-state index in [1.165, 1.54) is 5.57 Å². The minimum Gasteiger partial charge on any atom is -0.481 e. The summed E-state index contributed by atoms with van der Waals surface area (Å²) >= 11 is 0. The van der Waals surface area contributed by atoms with Gasteiger partial charge in [-0.15, -0.1) is 0 Å². The van der Waals surface area contributed by atoms with Crippen molar-refractivity contribution in [1.82, 2.24) is 0 Å². The first-order valence-electron chi connectivity index (χ1n) is 22.8. The smallest absolute Gasteiger partial charge is 0.338 e. The molecule has 7 aliphatic rings. The third-order valence-electron chi connectivity index (χ3n) is 18.0. The van der Waals surface area contributed by atoms with Crippen LogP contribution in [0.3, 0.4) is 0 Å². The second-order valence-electron chi connectivity index (χ2n) is 21.9. The lowest BCUT2D eigenvalue weighted by Gasteiger charge is -2.71. The Kier molecular flexibility index (Phi) is 12.6. The van der Waals surface area contributed by atoms with Gasteiger partial charge in [0.25, 0.3) is 0 Å². The zero-order chi connectivity index (χ0) is 44.0. The summed E-state index contributed by atoms with van der Waals surface area (Å²) in [6.07, 6.45) is -4.71. The largest absolute Gasteiger partial charge is 0.481 e. The van der Waals surface area contributed by atoms with E-state index < -0.39 is 96.9 Å². The van der Waals surface area contributed by atoms with Crippen molar-refractivity contribution >= 4 is 11.9 Å². The van der Waals surface area contributed by atoms with E-state index in [-0.39, 0.29) is 40.1 Å². The first-order valence-corrected chi connectivity index (χ1v) is 22.8. The molecule has 7 rings (SSSR count). The number of hydrogen-bond acceptors (Lipinski definition) is 13. The lowest BCUT2D eigenvalue weighted by atomic mass is 9.33. The van der Waals surface area contributed by atoms with Crippen LogP contribution < -0.4 is 0 Å². The number of carboxylic acids is 1. The number of allylic oxidation sites excluding steroid dienone is 2. The van der Waals surface area contributed by atoms with Crippen molar-refractivity contribution < 1.29 is 69.0 Å². The van der Waals surface area contributed by atoms with Gasteiger partial charge in [0.15, 0.2) is 18.7 Å². The monoisotopic (exact) mass is 851 g/mol. The van der Waals surface area contributed by atoms with Crippen LogP contribution in [0.15, 0.2) is 11.6 Å². The normalized spacial score (nSPS) is 49.6. The number of rotatable bonds is 10. The second-order valence-corrected chi connectivity index (χ2v) is 21.9. The van der Waals surface area contributed by atoms with Gasteiger partial charge in [0, 0.05) is 0 Å². The van der Waals surface area contributed by atoms with Crippen molar-refractivity contribution in [1.29, 1.82) is 0 Å². The Labute approximate surface area is 355 Å². The molecule has 0 aromatic carbocycles. The van der Waals surface area contributed by atoms with Crippen LogP contribution in [-0.2, 0) is 33.3 Å². The third kappa shape index (κ3) is 7.23. The average molecular weight is 851 g/mol. The standard InChI is InChI=1S/C46H74O14/c1-9-10-21-56-37(53)35-32(50)33(51)36(60-38-34(52)31(49)30(48)26(23-47)57-38)39(59-35)58-29-14-15-43(6)27(42(29,4)5)13-16-45(8)28(43)12-11-24-25-22-41(2,3)17-19-46(25,40(54)55)20-18-44(24,45)7/h11,25-36,38-39,47-52H,9-10,12-23H2,1-8H3,(H,54,55)/t25-,26+,27-,28+,29-,30+,31-,32-,33-,34+,35-,36+,38-,39+,43-,44+,45+,46-/m0/s1. The Bertz CT molecular complexity index is 1630. The van der Waals surface area contributed by atoms with Gasteiger partial charge < -0.3 is 59.4 Å². The number of carbonyl (C=O) groups excluding carboxylic acids is 1. The van der Waals surface area contributed by atoms with Gasteiger partial charge in [0.1, 0.15) is 42.7 Å². The molecule has 342 valence electrons. The molecule has 14 heteroatoms. The number of aliphatic hydroxyl groups excluding tert-OH is 6. The highest BCUT2D eigenvalue weighted by Gasteiger charge is 2.70. The summed E-state index contributed by atoms with van der Waals surface area (Å²) in [7, 11) is 0. The third-order valence-corrected chi connectivity index (χ3v) is 18.0. The molecule has 7 N–H and O–H groups in total. The Balaban J connectivity index is 1.16. The number of aliphatic carboxylic acids is 1. The van der Waals surface area contributed by atoms with E-state index in [2.05, 4.69) is 54.5 Å². The van der Waals surface area contributed by atoms with Crippen LogP contribution in [0.5, 0.6) is 0 Å². The Hall–Kier alpha value is -1.72. The fraction of sp³-hybridized carbons (Fsp3) is 0.913. The molecule has 14 nitrogen and oxygen atoms in total. The molecule has 0 bridgehead atoms. The van der Waals surface area contributed by atoms with Crippen LogP contribution >= 0.6 is 0 Å². The van der Waals surface area contributed by atoms with Crippen LogP contribution in [0.4, 0.5) is 0 Å². The van der Waals surface area contributed by atoms with Crippen molar-refractivity contribution in [3.63, 3.8) is 0 Å². The summed E-state index contributed by atoms with van der Waals surface area (Å²) in [5.74, 6) is -0.959. The maximum atomic E-state index is 13.3. The highest BCUT2D eigenvalue weighted by Crippen LogP contribution is 2.76. The van der Waals surface area contributed by atoms with E-state index >= 15 is 0 Å². The number of carboxylic acid groups (broad SMARTS) is 1. The average Bonchev–Trinajstić information content (AvgIpc) is 3.18. The molecule has 0 unspecified atom stereocenters. The molecule has 5 aliphatic carbocycles. The predicted molar refractivity (Wildman–Crippen MR) is 217 cm³/mol. The highest BCUT2D eigenvalue weighted by atomic mass is 16.8. The molecule has 2 aliphatic heterocycles. The maximum Gasteiger partial charge on any atom is 0.338 e. The van der Waals surface area contributed by atoms with E-state index in [0.29, 0.717) is 25.2 Å². The summed E-state index contributed by atoms with van der Waals surface area (Å²) in [6, 6.07) is 0. The summed E-state index contributed by atoms with van der Waals surface area (Å²) in [5.41, 5.74) is -0.00566. The van der Waals surface area contributed by atoms with Gasteiger partial charge in [0.2, 0.25) is 0 Å². The zero-order valence-corrected chi connectivity index (χ0v) is 37.0. The van der Waals surface area contributed by atoms with Crippen molar-refractivity contribution in [2.24, 2.45) is 50.2 Å². The number of esters is 1. The van der Waals surface area contributed by atoms with E-state index in [9.17, 15) is 45.3 Å². The van der Waals surface area contributed by atoms with Gasteiger partial charge in [-0.3, -0.25) is 4.79 Å². The van der Waals surface area contributed by atoms with Gasteiger partial charge in [-0.05, 0) is 115 Å². The quantitative estimate of drug-likeness (QED) is 0.0708. The lowest BCUT2D eigenvalue weighted by molar-refractivity contribution is -0.374. The predicted octanol–water partition coefficient (Wildman–Crippen LogP) is 4.23. The van der Waals surface area contributed by atoms with E-state index in [0.717, 1.165) is 57.8 Å². The highest BCUT2D eigenvalue weighted by molar-refractivity contribution is 5.77. The molecule has 4 saturated carbocycles.